The number of benzene rings is 3. The minimum atomic E-state index is -0.440. The zero-order valence-corrected chi connectivity index (χ0v) is 17.0. The van der Waals surface area contributed by atoms with Crippen LogP contribution in [0, 0.1) is 12.7 Å². The molecule has 0 radical (unpaired) electrons. The summed E-state index contributed by atoms with van der Waals surface area (Å²) in [5.41, 5.74) is 3.25. The standard InChI is InChI=1S/C24H18FNO3S/c1-16-6-8-17(9-7-16)15-29-21-5-3-2-4-18(21)14-22-23(27)26(24(28)30-22)20-12-10-19(25)11-13-20/h2-14H,15H2,1H3/b22-14-. The second-order valence-electron chi connectivity index (χ2n) is 6.81. The first-order valence-corrected chi connectivity index (χ1v) is 10.1. The van der Waals surface area contributed by atoms with Crippen LogP contribution in [0.25, 0.3) is 6.08 Å². The van der Waals surface area contributed by atoms with Crippen molar-refractivity contribution in [1.29, 1.82) is 0 Å². The second kappa shape index (κ2) is 8.55. The highest BCUT2D eigenvalue weighted by Gasteiger charge is 2.36. The Balaban J connectivity index is 1.56. The van der Waals surface area contributed by atoms with E-state index in [9.17, 15) is 14.0 Å². The van der Waals surface area contributed by atoms with Gasteiger partial charge in [0.05, 0.1) is 10.6 Å². The minimum absolute atomic E-state index is 0.288. The third-order valence-corrected chi connectivity index (χ3v) is 5.47. The van der Waals surface area contributed by atoms with Crippen LogP contribution in [-0.4, -0.2) is 11.1 Å². The Hall–Kier alpha value is -3.38. The van der Waals surface area contributed by atoms with Gasteiger partial charge in [0.25, 0.3) is 11.1 Å². The lowest BCUT2D eigenvalue weighted by Gasteiger charge is -2.12. The third kappa shape index (κ3) is 4.28. The Morgan fingerprint density at radius 3 is 2.40 bits per heavy atom. The molecule has 0 unspecified atom stereocenters. The van der Waals surface area contributed by atoms with Gasteiger partial charge >= 0.3 is 0 Å². The highest BCUT2D eigenvalue weighted by molar-refractivity contribution is 8.19. The lowest BCUT2D eigenvalue weighted by atomic mass is 10.1. The molecule has 1 saturated heterocycles. The summed E-state index contributed by atoms with van der Waals surface area (Å²) in [6.45, 7) is 2.42. The zero-order chi connectivity index (χ0) is 21.1. The zero-order valence-electron chi connectivity index (χ0n) is 16.2. The number of carbonyl (C=O) groups excluding carboxylic acids is 2. The van der Waals surface area contributed by atoms with Gasteiger partial charge in [0, 0.05) is 5.56 Å². The first-order chi connectivity index (χ1) is 14.5. The fourth-order valence-corrected chi connectivity index (χ4v) is 3.83. The molecule has 0 saturated carbocycles. The predicted octanol–water partition coefficient (Wildman–Crippen LogP) is 5.95. The van der Waals surface area contributed by atoms with Gasteiger partial charge in [0.1, 0.15) is 18.2 Å². The Kier molecular flexibility index (Phi) is 5.68. The number of rotatable bonds is 5. The van der Waals surface area contributed by atoms with E-state index in [1.807, 2.05) is 55.5 Å². The van der Waals surface area contributed by atoms with Crippen LogP contribution in [0.2, 0.25) is 0 Å². The SMILES string of the molecule is Cc1ccc(COc2ccccc2/C=C2\SC(=O)N(c3ccc(F)cc3)C2=O)cc1. The summed E-state index contributed by atoms with van der Waals surface area (Å²) in [6.07, 6.45) is 1.65. The molecule has 1 aliphatic rings. The van der Waals surface area contributed by atoms with E-state index in [2.05, 4.69) is 0 Å². The fraction of sp³-hybridized carbons (Fsp3) is 0.0833. The van der Waals surface area contributed by atoms with Crippen LogP contribution in [0.1, 0.15) is 16.7 Å². The molecule has 1 aliphatic heterocycles. The van der Waals surface area contributed by atoms with E-state index in [0.717, 1.165) is 22.2 Å². The topological polar surface area (TPSA) is 46.6 Å². The van der Waals surface area contributed by atoms with Gasteiger partial charge in [-0.1, -0.05) is 48.0 Å². The molecule has 0 atom stereocenters. The molecule has 4 rings (SSSR count). The molecule has 0 aromatic heterocycles. The van der Waals surface area contributed by atoms with Gasteiger partial charge in [-0.15, -0.1) is 0 Å². The summed E-state index contributed by atoms with van der Waals surface area (Å²) in [6, 6.07) is 20.7. The van der Waals surface area contributed by atoms with Crippen LogP contribution in [0.4, 0.5) is 14.9 Å². The molecule has 3 aromatic rings. The molecule has 0 aliphatic carbocycles. The molecule has 3 aromatic carbocycles. The van der Waals surface area contributed by atoms with Crippen molar-refractivity contribution >= 4 is 34.7 Å². The minimum Gasteiger partial charge on any atom is -0.488 e. The average Bonchev–Trinajstić information content (AvgIpc) is 3.02. The lowest BCUT2D eigenvalue weighted by molar-refractivity contribution is -0.113. The Morgan fingerprint density at radius 1 is 0.967 bits per heavy atom. The van der Waals surface area contributed by atoms with E-state index in [4.69, 9.17) is 4.74 Å². The van der Waals surface area contributed by atoms with Crippen LogP contribution in [-0.2, 0) is 11.4 Å². The van der Waals surface area contributed by atoms with E-state index in [0.29, 0.717) is 23.6 Å². The first kappa shape index (κ1) is 19.9. The van der Waals surface area contributed by atoms with E-state index >= 15 is 0 Å². The Morgan fingerprint density at radius 2 is 1.67 bits per heavy atom. The number of ether oxygens (including phenoxy) is 1. The molecule has 30 heavy (non-hydrogen) atoms. The number of carbonyl (C=O) groups is 2. The van der Waals surface area contributed by atoms with Gasteiger partial charge in [0.15, 0.2) is 0 Å². The number of para-hydroxylation sites is 1. The monoisotopic (exact) mass is 419 g/mol. The van der Waals surface area contributed by atoms with Crippen molar-refractivity contribution in [3.63, 3.8) is 0 Å². The number of thioether (sulfide) groups is 1. The molecular weight excluding hydrogens is 401 g/mol. The highest BCUT2D eigenvalue weighted by Crippen LogP contribution is 2.37. The van der Waals surface area contributed by atoms with Gasteiger partial charge < -0.3 is 4.74 Å². The van der Waals surface area contributed by atoms with Crippen molar-refractivity contribution in [2.24, 2.45) is 0 Å². The summed E-state index contributed by atoms with van der Waals surface area (Å²) in [7, 11) is 0. The van der Waals surface area contributed by atoms with E-state index in [1.54, 1.807) is 6.08 Å². The molecule has 0 spiro atoms. The molecule has 2 amide bonds. The van der Waals surface area contributed by atoms with Crippen molar-refractivity contribution < 1.29 is 18.7 Å². The number of hydrogen-bond donors (Lipinski definition) is 0. The number of halogens is 1. The van der Waals surface area contributed by atoms with Crippen LogP contribution in [0.3, 0.4) is 0 Å². The normalized spacial score (nSPS) is 15.1. The largest absolute Gasteiger partial charge is 0.488 e. The number of nitrogens with zero attached hydrogens (tertiary/aromatic N) is 1. The molecule has 150 valence electrons. The van der Waals surface area contributed by atoms with Crippen molar-refractivity contribution in [3.05, 3.63) is 100 Å². The molecule has 0 N–H and O–H groups in total. The molecule has 0 bridgehead atoms. The van der Waals surface area contributed by atoms with Gasteiger partial charge in [-0.25, -0.2) is 9.29 Å². The average molecular weight is 419 g/mol. The first-order valence-electron chi connectivity index (χ1n) is 9.32. The number of anilines is 1. The van der Waals surface area contributed by atoms with Gasteiger partial charge in [-0.3, -0.25) is 9.59 Å². The number of hydrogen-bond acceptors (Lipinski definition) is 4. The number of imide groups is 1. The molecule has 4 nitrogen and oxygen atoms in total. The van der Waals surface area contributed by atoms with Crippen LogP contribution in [0.15, 0.2) is 77.7 Å². The summed E-state index contributed by atoms with van der Waals surface area (Å²) < 4.78 is 19.1. The van der Waals surface area contributed by atoms with Crippen molar-refractivity contribution in [1.82, 2.24) is 0 Å². The van der Waals surface area contributed by atoms with Crippen LogP contribution < -0.4 is 9.64 Å². The Bertz CT molecular complexity index is 1120. The molecule has 6 heteroatoms. The summed E-state index contributed by atoms with van der Waals surface area (Å²) in [4.78, 5) is 26.5. The highest BCUT2D eigenvalue weighted by atomic mass is 32.2. The van der Waals surface area contributed by atoms with E-state index < -0.39 is 17.0 Å². The molecule has 1 fully saturated rings. The summed E-state index contributed by atoms with van der Waals surface area (Å²) >= 11 is 0.850. The maximum Gasteiger partial charge on any atom is 0.298 e. The quantitative estimate of drug-likeness (QED) is 0.479. The van der Waals surface area contributed by atoms with Crippen LogP contribution >= 0.6 is 11.8 Å². The van der Waals surface area contributed by atoms with Gasteiger partial charge in [0.2, 0.25) is 0 Å². The van der Waals surface area contributed by atoms with Gasteiger partial charge in [-0.05, 0) is 60.7 Å². The number of aryl methyl sites for hydroxylation is 1. The van der Waals surface area contributed by atoms with Gasteiger partial charge in [-0.2, -0.15) is 0 Å². The number of amides is 2. The van der Waals surface area contributed by atoms with Crippen molar-refractivity contribution in [3.8, 4) is 5.75 Å². The lowest BCUT2D eigenvalue weighted by Crippen LogP contribution is -2.27. The van der Waals surface area contributed by atoms with Crippen molar-refractivity contribution in [2.75, 3.05) is 4.90 Å². The summed E-state index contributed by atoms with van der Waals surface area (Å²) in [5.74, 6) is -0.252. The Labute approximate surface area is 178 Å². The maximum atomic E-state index is 13.2. The molecular formula is C24H18FNO3S. The molecule has 1 heterocycles. The van der Waals surface area contributed by atoms with Crippen molar-refractivity contribution in [2.45, 2.75) is 13.5 Å². The van der Waals surface area contributed by atoms with E-state index in [-0.39, 0.29) is 4.91 Å². The fourth-order valence-electron chi connectivity index (χ4n) is 3.00. The smallest absolute Gasteiger partial charge is 0.298 e. The maximum absolute atomic E-state index is 13.2. The van der Waals surface area contributed by atoms with E-state index in [1.165, 1.54) is 29.8 Å². The predicted molar refractivity (Wildman–Crippen MR) is 117 cm³/mol. The second-order valence-corrected chi connectivity index (χ2v) is 7.80. The van der Waals surface area contributed by atoms with Crippen LogP contribution in [0.5, 0.6) is 5.75 Å². The summed E-state index contributed by atoms with van der Waals surface area (Å²) in [5, 5.41) is -0.420. The third-order valence-electron chi connectivity index (χ3n) is 4.60.